The summed E-state index contributed by atoms with van der Waals surface area (Å²) in [4.78, 5) is 24.4. The molecule has 3 aromatic rings. The van der Waals surface area contributed by atoms with Gasteiger partial charge in [0.05, 0.1) is 0 Å². The van der Waals surface area contributed by atoms with Gasteiger partial charge >= 0.3 is 0 Å². The van der Waals surface area contributed by atoms with E-state index < -0.39 is 0 Å². The van der Waals surface area contributed by atoms with Crippen molar-refractivity contribution >= 4 is 17.7 Å². The van der Waals surface area contributed by atoms with Crippen LogP contribution in [-0.4, -0.2) is 52.7 Å². The number of benzene rings is 2. The minimum absolute atomic E-state index is 0.00326. The maximum atomic E-state index is 12.6. The first kappa shape index (κ1) is 25.4. The fraction of sp³-hybridized carbons (Fsp3) is 0.414. The van der Waals surface area contributed by atoms with E-state index in [1.807, 2.05) is 54.9 Å². The topological polar surface area (TPSA) is 58.1 Å². The van der Waals surface area contributed by atoms with E-state index in [0.29, 0.717) is 18.2 Å². The van der Waals surface area contributed by atoms with Crippen LogP contribution >= 0.6 is 11.8 Å². The molecular weight excluding hydrogens is 452 g/mol. The lowest BCUT2D eigenvalue weighted by Gasteiger charge is -2.34. The molecule has 6 heteroatoms. The highest BCUT2D eigenvalue weighted by Crippen LogP contribution is 2.25. The first-order chi connectivity index (χ1) is 17.2. The van der Waals surface area contributed by atoms with Gasteiger partial charge in [0.15, 0.2) is 5.16 Å². The average Bonchev–Trinajstić information content (AvgIpc) is 2.92. The number of nitrogens with one attached hydrogen (secondary N) is 1. The van der Waals surface area contributed by atoms with Gasteiger partial charge < -0.3 is 10.2 Å². The van der Waals surface area contributed by atoms with E-state index in [9.17, 15) is 4.79 Å². The molecule has 1 atom stereocenters. The molecule has 1 aliphatic carbocycles. The third kappa shape index (κ3) is 6.92. The zero-order chi connectivity index (χ0) is 24.5. The number of rotatable bonds is 11. The van der Waals surface area contributed by atoms with Crippen molar-refractivity contribution in [3.05, 3.63) is 77.6 Å². The number of hydrogen-bond acceptors (Lipinski definition) is 5. The second kappa shape index (κ2) is 12.8. The highest BCUT2D eigenvalue weighted by Gasteiger charge is 2.25. The molecule has 0 saturated heterocycles. The Morgan fingerprint density at radius 3 is 2.57 bits per heavy atom. The summed E-state index contributed by atoms with van der Waals surface area (Å²) in [6.07, 6.45) is 10.5. The number of nitrogens with zero attached hydrogens (tertiary/aromatic N) is 3. The molecule has 4 rings (SSSR count). The molecule has 35 heavy (non-hydrogen) atoms. The molecule has 1 heterocycles. The van der Waals surface area contributed by atoms with Crippen molar-refractivity contribution in [2.24, 2.45) is 0 Å². The number of aromatic nitrogens is 2. The van der Waals surface area contributed by atoms with Crippen LogP contribution in [0.15, 0.2) is 66.0 Å². The normalized spacial score (nSPS) is 15.1. The third-order valence-corrected chi connectivity index (χ3v) is 7.29. The van der Waals surface area contributed by atoms with Gasteiger partial charge in [0, 0.05) is 30.0 Å². The second-order valence-electron chi connectivity index (χ2n) is 9.17. The Morgan fingerprint density at radius 1 is 1.06 bits per heavy atom. The van der Waals surface area contributed by atoms with E-state index in [1.54, 1.807) is 11.8 Å². The predicted molar refractivity (Wildman–Crippen MR) is 145 cm³/mol. The number of thioether (sulfide) groups is 1. The van der Waals surface area contributed by atoms with Crippen LogP contribution in [0.1, 0.15) is 54.2 Å². The van der Waals surface area contributed by atoms with Gasteiger partial charge in [0.1, 0.15) is 0 Å². The molecule has 0 bridgehead atoms. The van der Waals surface area contributed by atoms with Crippen LogP contribution < -0.4 is 5.32 Å². The van der Waals surface area contributed by atoms with E-state index >= 15 is 0 Å². The molecule has 0 fully saturated rings. The monoisotopic (exact) mass is 488 g/mol. The van der Waals surface area contributed by atoms with Crippen LogP contribution in [0.3, 0.4) is 0 Å². The van der Waals surface area contributed by atoms with E-state index in [4.69, 9.17) is 4.98 Å². The molecule has 1 aromatic heterocycles. The summed E-state index contributed by atoms with van der Waals surface area (Å²) in [5.41, 5.74) is 5.54. The lowest BCUT2D eigenvalue weighted by molar-refractivity contribution is 0.0952. The molecule has 1 aliphatic rings. The first-order valence-electron chi connectivity index (χ1n) is 12.7. The van der Waals surface area contributed by atoms with Gasteiger partial charge in [-0.05, 0) is 86.7 Å². The molecule has 5 nitrogen and oxygen atoms in total. The molecule has 0 radical (unpaired) electrons. The Balaban J connectivity index is 1.21. The van der Waals surface area contributed by atoms with Crippen molar-refractivity contribution in [1.82, 2.24) is 20.2 Å². The Hall–Kier alpha value is -2.70. The van der Waals surface area contributed by atoms with Crippen LogP contribution in [0.5, 0.6) is 0 Å². The van der Waals surface area contributed by atoms with Gasteiger partial charge in [-0.2, -0.15) is 0 Å². The van der Waals surface area contributed by atoms with Crippen molar-refractivity contribution in [3.8, 4) is 11.1 Å². The van der Waals surface area contributed by atoms with Crippen molar-refractivity contribution in [2.45, 2.75) is 56.6 Å². The Kier molecular flexibility index (Phi) is 9.32. The van der Waals surface area contributed by atoms with Crippen LogP contribution in [0, 0.1) is 0 Å². The van der Waals surface area contributed by atoms with Crippen LogP contribution in [-0.2, 0) is 12.8 Å². The maximum absolute atomic E-state index is 12.6. The fourth-order valence-corrected chi connectivity index (χ4v) is 5.19. The minimum Gasteiger partial charge on any atom is -0.352 e. The molecule has 0 spiro atoms. The van der Waals surface area contributed by atoms with Crippen molar-refractivity contribution < 1.29 is 4.79 Å². The van der Waals surface area contributed by atoms with Crippen LogP contribution in [0.2, 0.25) is 0 Å². The quantitative estimate of drug-likeness (QED) is 0.215. The summed E-state index contributed by atoms with van der Waals surface area (Å²) in [6.45, 7) is 5.14. The van der Waals surface area contributed by atoms with Gasteiger partial charge in [-0.1, -0.05) is 61.2 Å². The molecule has 2 aromatic carbocycles. The van der Waals surface area contributed by atoms with Gasteiger partial charge in [-0.15, -0.1) is 0 Å². The summed E-state index contributed by atoms with van der Waals surface area (Å²) in [5.74, 6) is 0.00326. The largest absolute Gasteiger partial charge is 0.352 e. The lowest BCUT2D eigenvalue weighted by atomic mass is 9.91. The number of amides is 1. The Morgan fingerprint density at radius 2 is 1.83 bits per heavy atom. The molecule has 184 valence electrons. The van der Waals surface area contributed by atoms with Crippen LogP contribution in [0.4, 0.5) is 0 Å². The molecule has 1 unspecified atom stereocenters. The Labute approximate surface area is 213 Å². The SMILES string of the molecule is CCCN(CCCCNC(=O)c1ccc(-c2ccccc2)cc1)C1CCc2nc(SC)ncc2C1. The molecule has 0 saturated carbocycles. The van der Waals surface area contributed by atoms with Gasteiger partial charge in [0.2, 0.25) is 0 Å². The number of carbonyl (C=O) groups is 1. The zero-order valence-corrected chi connectivity index (χ0v) is 21.7. The summed E-state index contributed by atoms with van der Waals surface area (Å²) >= 11 is 1.61. The van der Waals surface area contributed by atoms with E-state index in [1.165, 1.54) is 11.3 Å². The number of aryl methyl sites for hydroxylation is 1. The molecular formula is C29H36N4OS. The van der Waals surface area contributed by atoms with E-state index in [2.05, 4.69) is 34.3 Å². The average molecular weight is 489 g/mol. The standard InChI is InChI=1S/C29H36N4OS/c1-3-18-33(26-15-16-27-25(20-26)21-31-29(32-27)35-2)19-8-7-17-30-28(34)24-13-11-23(12-14-24)22-9-5-4-6-10-22/h4-6,9-14,21,26H,3,7-8,15-20H2,1-2H3,(H,30,34). The summed E-state index contributed by atoms with van der Waals surface area (Å²) in [5, 5.41) is 3.97. The third-order valence-electron chi connectivity index (χ3n) is 6.72. The number of unbranched alkanes of at least 4 members (excludes halogenated alkanes) is 1. The summed E-state index contributed by atoms with van der Waals surface area (Å²) in [6, 6.07) is 18.6. The number of fused-ring (bicyclic) bond motifs is 1. The Bertz CT molecular complexity index is 1090. The predicted octanol–water partition coefficient (Wildman–Crippen LogP) is 5.65. The minimum atomic E-state index is 0.00326. The molecule has 1 N–H and O–H groups in total. The highest BCUT2D eigenvalue weighted by molar-refractivity contribution is 7.98. The lowest BCUT2D eigenvalue weighted by Crippen LogP contribution is -2.41. The van der Waals surface area contributed by atoms with E-state index in [0.717, 1.165) is 67.9 Å². The summed E-state index contributed by atoms with van der Waals surface area (Å²) < 4.78 is 0. The second-order valence-corrected chi connectivity index (χ2v) is 9.94. The van der Waals surface area contributed by atoms with Crippen molar-refractivity contribution in [2.75, 3.05) is 25.9 Å². The van der Waals surface area contributed by atoms with Crippen molar-refractivity contribution in [3.63, 3.8) is 0 Å². The van der Waals surface area contributed by atoms with Gasteiger partial charge in [-0.3, -0.25) is 4.79 Å². The fourth-order valence-electron chi connectivity index (χ4n) is 4.83. The smallest absolute Gasteiger partial charge is 0.251 e. The van der Waals surface area contributed by atoms with Gasteiger partial charge in [0.25, 0.3) is 5.91 Å². The highest BCUT2D eigenvalue weighted by atomic mass is 32.2. The molecule has 1 amide bonds. The molecule has 0 aliphatic heterocycles. The number of carbonyl (C=O) groups excluding carboxylic acids is 1. The zero-order valence-electron chi connectivity index (χ0n) is 20.9. The maximum Gasteiger partial charge on any atom is 0.251 e. The van der Waals surface area contributed by atoms with E-state index in [-0.39, 0.29) is 5.91 Å². The van der Waals surface area contributed by atoms with Crippen molar-refractivity contribution in [1.29, 1.82) is 0 Å². The summed E-state index contributed by atoms with van der Waals surface area (Å²) in [7, 11) is 0. The first-order valence-corrected chi connectivity index (χ1v) is 14.0. The number of hydrogen-bond donors (Lipinski definition) is 1. The van der Waals surface area contributed by atoms with Gasteiger partial charge in [-0.25, -0.2) is 9.97 Å². The van der Waals surface area contributed by atoms with Crippen LogP contribution in [0.25, 0.3) is 11.1 Å².